The Morgan fingerprint density at radius 1 is 1.05 bits per heavy atom. The Balaban J connectivity index is 1.59. The highest BCUT2D eigenvalue weighted by molar-refractivity contribution is 9.10. The lowest BCUT2D eigenvalue weighted by molar-refractivity contribution is -0.120. The zero-order valence-electron chi connectivity index (χ0n) is 12.5. The summed E-state index contributed by atoms with van der Waals surface area (Å²) in [5.41, 5.74) is 2.55. The normalized spacial score (nSPS) is 15.9. The third kappa shape index (κ3) is 3.41. The Kier molecular flexibility index (Phi) is 4.63. The Hall–Kier alpha value is -1.61. The summed E-state index contributed by atoms with van der Waals surface area (Å²) in [6.45, 7) is 0.742. The number of halogens is 1. The van der Waals surface area contributed by atoms with E-state index in [2.05, 4.69) is 45.5 Å². The first-order valence-electron chi connectivity index (χ1n) is 7.75. The fraction of sp³-hybridized carbons (Fsp3) is 0.316. The van der Waals surface area contributed by atoms with Gasteiger partial charge in [-0.05, 0) is 36.1 Å². The van der Waals surface area contributed by atoms with E-state index in [1.165, 1.54) is 12.0 Å². The highest BCUT2D eigenvalue weighted by Gasteiger charge is 2.38. The Labute approximate surface area is 140 Å². The predicted molar refractivity (Wildman–Crippen MR) is 92.8 cm³/mol. The monoisotopic (exact) mass is 357 g/mol. The van der Waals surface area contributed by atoms with E-state index in [1.54, 1.807) is 0 Å². The van der Waals surface area contributed by atoms with E-state index >= 15 is 0 Å². The second-order valence-corrected chi connectivity index (χ2v) is 7.00. The first kappa shape index (κ1) is 15.3. The zero-order chi connectivity index (χ0) is 15.4. The number of amides is 1. The van der Waals surface area contributed by atoms with Gasteiger partial charge >= 0.3 is 0 Å². The first-order valence-corrected chi connectivity index (χ1v) is 8.54. The molecule has 0 bridgehead atoms. The minimum Gasteiger partial charge on any atom is -0.355 e. The van der Waals surface area contributed by atoms with Crippen LogP contribution in [0.1, 0.15) is 30.4 Å². The van der Waals surface area contributed by atoms with Crippen molar-refractivity contribution in [2.24, 2.45) is 0 Å². The van der Waals surface area contributed by atoms with Crippen molar-refractivity contribution in [3.05, 3.63) is 70.2 Å². The van der Waals surface area contributed by atoms with Gasteiger partial charge < -0.3 is 5.32 Å². The number of carbonyl (C=O) groups excluding carboxylic acids is 1. The van der Waals surface area contributed by atoms with Crippen molar-refractivity contribution >= 4 is 21.8 Å². The molecule has 0 heterocycles. The molecule has 2 aromatic carbocycles. The lowest BCUT2D eigenvalue weighted by atomic mass is 9.64. The largest absolute Gasteiger partial charge is 0.355 e. The molecule has 0 saturated heterocycles. The molecule has 1 aliphatic rings. The molecule has 114 valence electrons. The molecule has 2 nitrogen and oxygen atoms in total. The van der Waals surface area contributed by atoms with E-state index in [0.717, 1.165) is 29.4 Å². The Morgan fingerprint density at radius 2 is 1.73 bits per heavy atom. The van der Waals surface area contributed by atoms with Gasteiger partial charge in [0.15, 0.2) is 0 Å². The van der Waals surface area contributed by atoms with Gasteiger partial charge in [-0.3, -0.25) is 4.79 Å². The van der Waals surface area contributed by atoms with Crippen LogP contribution in [0.5, 0.6) is 0 Å². The summed E-state index contributed by atoms with van der Waals surface area (Å²) in [6, 6.07) is 18.5. The fourth-order valence-electron chi connectivity index (χ4n) is 3.08. The summed E-state index contributed by atoms with van der Waals surface area (Å²) in [5.74, 6) is 0.101. The van der Waals surface area contributed by atoms with Crippen LogP contribution in [0.25, 0.3) is 0 Å². The molecule has 3 heteroatoms. The highest BCUT2D eigenvalue weighted by atomic mass is 79.9. The summed E-state index contributed by atoms with van der Waals surface area (Å²) >= 11 is 3.41. The second kappa shape index (κ2) is 6.66. The summed E-state index contributed by atoms with van der Waals surface area (Å²) in [6.07, 6.45) is 4.01. The molecule has 3 rings (SSSR count). The lowest BCUT2D eigenvalue weighted by Crippen LogP contribution is -2.45. The van der Waals surface area contributed by atoms with Crippen molar-refractivity contribution in [2.75, 3.05) is 6.54 Å². The maximum Gasteiger partial charge on any atom is 0.224 e. The van der Waals surface area contributed by atoms with Crippen LogP contribution in [-0.2, 0) is 16.6 Å². The van der Waals surface area contributed by atoms with Gasteiger partial charge in [-0.1, -0.05) is 64.8 Å². The van der Waals surface area contributed by atoms with E-state index in [4.69, 9.17) is 0 Å². The Morgan fingerprint density at radius 3 is 2.32 bits per heavy atom. The van der Waals surface area contributed by atoms with Crippen molar-refractivity contribution in [2.45, 2.75) is 31.1 Å². The minimum absolute atomic E-state index is 0.101. The van der Waals surface area contributed by atoms with Crippen molar-refractivity contribution in [1.29, 1.82) is 0 Å². The topological polar surface area (TPSA) is 29.1 Å². The maximum atomic E-state index is 12.2. The standard InChI is InChI=1S/C19H20BrNO/c20-17-9-7-15(8-10-17)13-18(22)21-14-19(11-4-12-19)16-5-2-1-3-6-16/h1-3,5-10H,4,11-14H2,(H,21,22). The SMILES string of the molecule is O=C(Cc1ccc(Br)cc1)NCC1(c2ccccc2)CCC1. The molecule has 1 amide bonds. The number of benzene rings is 2. The summed E-state index contributed by atoms with van der Waals surface area (Å²) < 4.78 is 1.04. The van der Waals surface area contributed by atoms with Crippen molar-refractivity contribution in [3.8, 4) is 0 Å². The summed E-state index contributed by atoms with van der Waals surface area (Å²) in [4.78, 5) is 12.2. The fourth-order valence-corrected chi connectivity index (χ4v) is 3.35. The third-order valence-corrected chi connectivity index (χ3v) is 5.13. The first-order chi connectivity index (χ1) is 10.7. The number of rotatable bonds is 5. The average molecular weight is 358 g/mol. The third-order valence-electron chi connectivity index (χ3n) is 4.60. The summed E-state index contributed by atoms with van der Waals surface area (Å²) in [5, 5.41) is 3.14. The molecule has 22 heavy (non-hydrogen) atoms. The van der Waals surface area contributed by atoms with Crippen LogP contribution in [0.3, 0.4) is 0 Å². The molecular formula is C19H20BrNO. The van der Waals surface area contributed by atoms with Gasteiger partial charge in [0.05, 0.1) is 6.42 Å². The van der Waals surface area contributed by atoms with Gasteiger partial charge in [-0.2, -0.15) is 0 Å². The molecule has 1 N–H and O–H groups in total. The predicted octanol–water partition coefficient (Wildman–Crippen LogP) is 4.23. The molecule has 0 radical (unpaired) electrons. The lowest BCUT2D eigenvalue weighted by Gasteiger charge is -2.42. The number of hydrogen-bond donors (Lipinski definition) is 1. The van der Waals surface area contributed by atoms with Crippen LogP contribution >= 0.6 is 15.9 Å². The van der Waals surface area contributed by atoms with E-state index in [9.17, 15) is 4.79 Å². The second-order valence-electron chi connectivity index (χ2n) is 6.08. The zero-order valence-corrected chi connectivity index (χ0v) is 14.1. The van der Waals surface area contributed by atoms with Gasteiger partial charge in [0.25, 0.3) is 0 Å². The molecular weight excluding hydrogens is 338 g/mol. The van der Waals surface area contributed by atoms with E-state index < -0.39 is 0 Å². The molecule has 2 aromatic rings. The average Bonchev–Trinajstić information content (AvgIpc) is 2.50. The van der Waals surface area contributed by atoms with Crippen LogP contribution in [0, 0.1) is 0 Å². The highest BCUT2D eigenvalue weighted by Crippen LogP contribution is 2.43. The molecule has 0 unspecified atom stereocenters. The summed E-state index contributed by atoms with van der Waals surface area (Å²) in [7, 11) is 0. The van der Waals surface area contributed by atoms with Gasteiger partial charge in [-0.25, -0.2) is 0 Å². The van der Waals surface area contributed by atoms with Crippen LogP contribution in [0.2, 0.25) is 0 Å². The molecule has 0 aromatic heterocycles. The molecule has 1 fully saturated rings. The number of carbonyl (C=O) groups is 1. The van der Waals surface area contributed by atoms with Crippen LogP contribution in [0.15, 0.2) is 59.1 Å². The van der Waals surface area contributed by atoms with Crippen LogP contribution in [0.4, 0.5) is 0 Å². The van der Waals surface area contributed by atoms with Gasteiger partial charge in [0.1, 0.15) is 0 Å². The van der Waals surface area contributed by atoms with Gasteiger partial charge in [-0.15, -0.1) is 0 Å². The molecule has 0 atom stereocenters. The van der Waals surface area contributed by atoms with Crippen molar-refractivity contribution in [3.63, 3.8) is 0 Å². The van der Waals surface area contributed by atoms with Crippen LogP contribution < -0.4 is 5.32 Å². The molecule has 0 spiro atoms. The smallest absolute Gasteiger partial charge is 0.224 e. The quantitative estimate of drug-likeness (QED) is 0.852. The molecule has 0 aliphatic heterocycles. The Bertz CT molecular complexity index is 632. The van der Waals surface area contributed by atoms with Crippen LogP contribution in [-0.4, -0.2) is 12.5 Å². The van der Waals surface area contributed by atoms with Crippen molar-refractivity contribution < 1.29 is 4.79 Å². The maximum absolute atomic E-state index is 12.2. The number of nitrogens with one attached hydrogen (secondary N) is 1. The van der Waals surface area contributed by atoms with Gasteiger partial charge in [0, 0.05) is 16.4 Å². The van der Waals surface area contributed by atoms with E-state index in [1.807, 2.05) is 30.3 Å². The van der Waals surface area contributed by atoms with Crippen molar-refractivity contribution in [1.82, 2.24) is 5.32 Å². The molecule has 1 aliphatic carbocycles. The number of hydrogen-bond acceptors (Lipinski definition) is 1. The van der Waals surface area contributed by atoms with E-state index in [0.29, 0.717) is 6.42 Å². The minimum atomic E-state index is 0.101. The molecule has 1 saturated carbocycles. The van der Waals surface area contributed by atoms with E-state index in [-0.39, 0.29) is 11.3 Å². The van der Waals surface area contributed by atoms with Gasteiger partial charge in [0.2, 0.25) is 5.91 Å².